The number of halogens is 5. The number of pyridine rings is 1. The second-order valence-electron chi connectivity index (χ2n) is 9.12. The molecule has 0 aliphatic heterocycles. The monoisotopic (exact) mass is 542 g/mol. The summed E-state index contributed by atoms with van der Waals surface area (Å²) in [4.78, 5) is 9.57. The number of thiazole rings is 1. The summed E-state index contributed by atoms with van der Waals surface area (Å²) in [5.74, 6) is -1.91. The average molecular weight is 543 g/mol. The van der Waals surface area contributed by atoms with Gasteiger partial charge in [0, 0.05) is 41.5 Å². The van der Waals surface area contributed by atoms with Gasteiger partial charge in [-0.1, -0.05) is 41.2 Å². The lowest BCUT2D eigenvalue weighted by Crippen LogP contribution is -2.29. The van der Waals surface area contributed by atoms with E-state index in [9.17, 15) is 22.0 Å². The highest BCUT2D eigenvalue weighted by Gasteiger charge is 2.33. The molecule has 0 bridgehead atoms. The van der Waals surface area contributed by atoms with Gasteiger partial charge >= 0.3 is 6.18 Å². The lowest BCUT2D eigenvalue weighted by Gasteiger charge is -2.19. The zero-order valence-electron chi connectivity index (χ0n) is 20.0. The molecule has 5 rings (SSSR count). The second kappa shape index (κ2) is 10.6. The van der Waals surface area contributed by atoms with Gasteiger partial charge in [-0.05, 0) is 60.5 Å². The van der Waals surface area contributed by atoms with Crippen molar-refractivity contribution in [2.45, 2.75) is 31.5 Å². The summed E-state index contributed by atoms with van der Waals surface area (Å²) in [6.07, 6.45) is 2.50. The van der Waals surface area contributed by atoms with Crippen LogP contribution in [-0.2, 0) is 0 Å². The van der Waals surface area contributed by atoms with Crippen molar-refractivity contribution < 1.29 is 22.0 Å². The number of nitrogens with zero attached hydrogens (tertiary/aromatic N) is 2. The van der Waals surface area contributed by atoms with Crippen LogP contribution < -0.4 is 11.1 Å². The van der Waals surface area contributed by atoms with Gasteiger partial charge < -0.3 is 11.1 Å². The highest BCUT2D eigenvalue weighted by Crippen LogP contribution is 2.40. The lowest BCUT2D eigenvalue weighted by molar-refractivity contribution is -0.0941. The van der Waals surface area contributed by atoms with Gasteiger partial charge in [-0.2, -0.15) is 13.2 Å². The van der Waals surface area contributed by atoms with Crippen molar-refractivity contribution in [3.63, 3.8) is 0 Å². The summed E-state index contributed by atoms with van der Waals surface area (Å²) in [5, 5.41) is 5.70. The molecule has 2 heterocycles. The van der Waals surface area contributed by atoms with Gasteiger partial charge in [-0.3, -0.25) is 4.98 Å². The Hall–Kier alpha value is -3.63. The number of fused-ring (bicyclic) bond motifs is 1. The number of alkyl halides is 3. The first-order valence-electron chi connectivity index (χ1n) is 11.9. The molecule has 10 heteroatoms. The van der Waals surface area contributed by atoms with E-state index in [1.807, 2.05) is 24.3 Å². The summed E-state index contributed by atoms with van der Waals surface area (Å²) >= 11 is 1.36. The third-order valence-corrected chi connectivity index (χ3v) is 7.42. The van der Waals surface area contributed by atoms with E-state index in [0.717, 1.165) is 45.0 Å². The number of anilines is 1. The molecule has 0 amide bonds. The van der Waals surface area contributed by atoms with Crippen molar-refractivity contribution in [1.82, 2.24) is 9.97 Å². The molecule has 0 spiro atoms. The molecule has 38 heavy (non-hydrogen) atoms. The summed E-state index contributed by atoms with van der Waals surface area (Å²) in [6, 6.07) is 11.1. The Morgan fingerprint density at radius 3 is 2.50 bits per heavy atom. The van der Waals surface area contributed by atoms with Crippen LogP contribution in [0.2, 0.25) is 0 Å². The Bertz CT molecular complexity index is 1540. The van der Waals surface area contributed by atoms with Crippen molar-refractivity contribution in [3.05, 3.63) is 89.8 Å². The van der Waals surface area contributed by atoms with E-state index in [1.54, 1.807) is 12.4 Å². The number of rotatable bonds is 7. The van der Waals surface area contributed by atoms with Crippen LogP contribution >= 0.6 is 11.3 Å². The van der Waals surface area contributed by atoms with Gasteiger partial charge in [0.15, 0.2) is 16.8 Å². The molecular formula is C28H23F5N4S. The van der Waals surface area contributed by atoms with Crippen LogP contribution in [0.4, 0.5) is 27.1 Å². The number of hydrogen-bond donors (Lipinski definition) is 2. The van der Waals surface area contributed by atoms with E-state index in [1.165, 1.54) is 23.5 Å². The highest BCUT2D eigenvalue weighted by molar-refractivity contribution is 7.19. The van der Waals surface area contributed by atoms with Crippen LogP contribution in [0.15, 0.2) is 78.2 Å². The molecule has 3 N–H and O–H groups in total. The van der Waals surface area contributed by atoms with Gasteiger partial charge in [0.25, 0.3) is 0 Å². The number of nitrogens with two attached hydrogens (primary N) is 1. The summed E-state index contributed by atoms with van der Waals surface area (Å²) in [5.41, 5.74) is 8.39. The lowest BCUT2D eigenvalue weighted by atomic mass is 9.94. The van der Waals surface area contributed by atoms with Gasteiger partial charge in [-0.15, -0.1) is 0 Å². The highest BCUT2D eigenvalue weighted by atomic mass is 32.1. The van der Waals surface area contributed by atoms with Crippen LogP contribution in [0.1, 0.15) is 19.3 Å². The minimum Gasteiger partial charge on any atom is -0.360 e. The fourth-order valence-electron chi connectivity index (χ4n) is 4.37. The smallest absolute Gasteiger partial charge is 0.360 e. The van der Waals surface area contributed by atoms with E-state index < -0.39 is 23.4 Å². The minimum atomic E-state index is -4.30. The summed E-state index contributed by atoms with van der Waals surface area (Å²) in [6.45, 7) is 0.334. The maximum atomic E-state index is 14.1. The average Bonchev–Trinajstić information content (AvgIpc) is 3.33. The first kappa shape index (κ1) is 26.0. The second-order valence-corrected chi connectivity index (χ2v) is 10.1. The molecule has 4 aromatic rings. The molecule has 1 aliphatic carbocycles. The molecule has 0 saturated carbocycles. The third-order valence-electron chi connectivity index (χ3n) is 6.36. The van der Waals surface area contributed by atoms with Crippen molar-refractivity contribution >= 4 is 27.2 Å². The van der Waals surface area contributed by atoms with Crippen LogP contribution in [0.25, 0.3) is 32.5 Å². The number of allylic oxidation sites excluding steroid dienone is 3. The van der Waals surface area contributed by atoms with Crippen LogP contribution in [0.3, 0.4) is 0 Å². The molecule has 196 valence electrons. The number of aromatic nitrogens is 2. The first-order chi connectivity index (χ1) is 18.2. The van der Waals surface area contributed by atoms with Crippen LogP contribution in [0, 0.1) is 11.6 Å². The van der Waals surface area contributed by atoms with Crippen molar-refractivity contribution in [3.8, 4) is 21.7 Å². The molecular weight excluding hydrogens is 519 g/mol. The first-order valence-corrected chi connectivity index (χ1v) is 12.7. The number of benzene rings is 2. The molecule has 1 aliphatic rings. The van der Waals surface area contributed by atoms with Gasteiger partial charge in [0.05, 0.1) is 10.6 Å². The molecule has 2 aromatic heterocycles. The Balaban J connectivity index is 1.38. The van der Waals surface area contributed by atoms with Gasteiger partial charge in [-0.25, -0.2) is 13.8 Å². The van der Waals surface area contributed by atoms with Crippen molar-refractivity contribution in [2.24, 2.45) is 5.73 Å². The zero-order chi connectivity index (χ0) is 26.9. The van der Waals surface area contributed by atoms with Crippen LogP contribution in [0.5, 0.6) is 0 Å². The predicted octanol–water partition coefficient (Wildman–Crippen LogP) is 7.64. The minimum absolute atomic E-state index is 0.0509. The molecule has 1 atom stereocenters. The quantitative estimate of drug-likeness (QED) is 0.236. The summed E-state index contributed by atoms with van der Waals surface area (Å²) in [7, 11) is 0. The SMILES string of the molecule is N[C@H](CNc1nc(-c2ccc(F)c(F)c2)c(-c2ccc3cnccc3c2)s1)CC1=CC=C(C(F)(F)F)CC1. The normalized spacial score (nSPS) is 14.8. The third kappa shape index (κ3) is 5.76. The predicted molar refractivity (Wildman–Crippen MR) is 141 cm³/mol. The molecule has 0 saturated heterocycles. The molecule has 0 fully saturated rings. The van der Waals surface area contributed by atoms with Crippen molar-refractivity contribution in [1.29, 1.82) is 0 Å². The van der Waals surface area contributed by atoms with E-state index in [4.69, 9.17) is 5.73 Å². The maximum absolute atomic E-state index is 14.1. The number of hydrogen-bond acceptors (Lipinski definition) is 5. The summed E-state index contributed by atoms with van der Waals surface area (Å²) < 4.78 is 66.3. The molecule has 2 aromatic carbocycles. The largest absolute Gasteiger partial charge is 0.412 e. The Labute approximate surface area is 219 Å². The standard InChI is InChI=1S/C28H23F5N4S/c29-23-8-5-18(13-24(23)30)25-26(19-3-4-20-14-35-10-9-17(20)12-19)38-27(37-25)36-15-22(34)11-16-1-6-21(7-2-16)28(31,32)33/h1,3-6,8-10,12-14,22H,2,7,11,15,34H2,(H,36,37)/t22-/m0/s1. The molecule has 4 nitrogen and oxygen atoms in total. The fraction of sp³-hybridized carbons (Fsp3) is 0.214. The zero-order valence-corrected chi connectivity index (χ0v) is 20.8. The Morgan fingerprint density at radius 1 is 0.947 bits per heavy atom. The van der Waals surface area contributed by atoms with E-state index in [0.29, 0.717) is 35.8 Å². The Morgan fingerprint density at radius 2 is 1.76 bits per heavy atom. The molecule has 0 unspecified atom stereocenters. The Kier molecular flexibility index (Phi) is 7.27. The molecule has 0 radical (unpaired) electrons. The fourth-order valence-corrected chi connectivity index (χ4v) is 5.36. The van der Waals surface area contributed by atoms with Gasteiger partial charge in [0.2, 0.25) is 0 Å². The van der Waals surface area contributed by atoms with E-state index >= 15 is 0 Å². The number of nitrogens with one attached hydrogen (secondary N) is 1. The van der Waals surface area contributed by atoms with Crippen LogP contribution in [-0.4, -0.2) is 28.7 Å². The van der Waals surface area contributed by atoms with Crippen molar-refractivity contribution in [2.75, 3.05) is 11.9 Å². The maximum Gasteiger partial charge on any atom is 0.412 e. The van der Waals surface area contributed by atoms with Gasteiger partial charge in [0.1, 0.15) is 0 Å². The van der Waals surface area contributed by atoms with E-state index in [-0.39, 0.29) is 12.5 Å². The topological polar surface area (TPSA) is 63.8 Å². The van der Waals surface area contributed by atoms with E-state index in [2.05, 4.69) is 15.3 Å².